The molecule has 29 heavy (non-hydrogen) atoms. The molecule has 1 fully saturated rings. The largest absolute Gasteiger partial charge is 0.454 e. The van der Waals surface area contributed by atoms with Gasteiger partial charge in [0.1, 0.15) is 0 Å². The highest BCUT2D eigenvalue weighted by molar-refractivity contribution is 5.92. The van der Waals surface area contributed by atoms with Crippen LogP contribution in [0.2, 0.25) is 0 Å². The summed E-state index contributed by atoms with van der Waals surface area (Å²) < 4.78 is 10.8. The van der Waals surface area contributed by atoms with Crippen LogP contribution >= 0.6 is 0 Å². The lowest BCUT2D eigenvalue weighted by Gasteiger charge is -2.34. The maximum Gasteiger partial charge on any atom is 0.238 e. The molecule has 7 heteroatoms. The van der Waals surface area contributed by atoms with Gasteiger partial charge in [-0.3, -0.25) is 14.6 Å². The molecule has 1 saturated heterocycles. The van der Waals surface area contributed by atoms with Crippen molar-refractivity contribution in [1.82, 2.24) is 9.80 Å². The number of rotatable bonds is 6. The van der Waals surface area contributed by atoms with Crippen LogP contribution in [0.1, 0.15) is 5.56 Å². The fourth-order valence-corrected chi connectivity index (χ4v) is 3.65. The first-order valence-electron chi connectivity index (χ1n) is 9.97. The minimum atomic E-state index is 0.0341. The number of nitrogens with one attached hydrogen (secondary N) is 1. The zero-order valence-electron chi connectivity index (χ0n) is 17.1. The number of amides is 1. The van der Waals surface area contributed by atoms with Gasteiger partial charge in [-0.05, 0) is 42.0 Å². The fraction of sp³-hybridized carbons (Fsp3) is 0.409. The number of hydrogen-bond acceptors (Lipinski definition) is 6. The SMILES string of the molecule is CN(C)c1ccc(NC(=O)CN2CCN(Cc3ccc4c(c3)OCO4)CC2)cc1. The van der Waals surface area contributed by atoms with E-state index in [1.165, 1.54) is 5.56 Å². The van der Waals surface area contributed by atoms with Gasteiger partial charge >= 0.3 is 0 Å². The Bertz CT molecular complexity index is 846. The van der Waals surface area contributed by atoms with E-state index >= 15 is 0 Å². The van der Waals surface area contributed by atoms with Crippen LogP contribution in [0.3, 0.4) is 0 Å². The lowest BCUT2D eigenvalue weighted by molar-refractivity contribution is -0.117. The minimum absolute atomic E-state index is 0.0341. The number of ether oxygens (including phenoxy) is 2. The fourth-order valence-electron chi connectivity index (χ4n) is 3.65. The molecule has 4 rings (SSSR count). The van der Waals surface area contributed by atoms with Crippen LogP contribution in [0.15, 0.2) is 42.5 Å². The zero-order chi connectivity index (χ0) is 20.2. The van der Waals surface area contributed by atoms with Crippen LogP contribution in [0, 0.1) is 0 Å². The van der Waals surface area contributed by atoms with E-state index in [-0.39, 0.29) is 5.91 Å². The lowest BCUT2D eigenvalue weighted by atomic mass is 10.1. The van der Waals surface area contributed by atoms with Gasteiger partial charge < -0.3 is 19.7 Å². The van der Waals surface area contributed by atoms with E-state index in [0.29, 0.717) is 13.3 Å². The monoisotopic (exact) mass is 396 g/mol. The summed E-state index contributed by atoms with van der Waals surface area (Å²) in [6.45, 7) is 5.27. The Morgan fingerprint density at radius 1 is 0.966 bits per heavy atom. The molecule has 7 nitrogen and oxygen atoms in total. The van der Waals surface area contributed by atoms with E-state index in [1.54, 1.807) is 0 Å². The Hall–Kier alpha value is -2.77. The maximum absolute atomic E-state index is 12.4. The predicted molar refractivity (Wildman–Crippen MR) is 114 cm³/mol. The highest BCUT2D eigenvalue weighted by Gasteiger charge is 2.20. The van der Waals surface area contributed by atoms with Gasteiger partial charge in [0.25, 0.3) is 0 Å². The molecular formula is C22H28N4O3. The van der Waals surface area contributed by atoms with Gasteiger partial charge in [-0.15, -0.1) is 0 Å². The first kappa shape index (κ1) is 19.5. The van der Waals surface area contributed by atoms with Gasteiger partial charge in [0.05, 0.1) is 6.54 Å². The first-order chi connectivity index (χ1) is 14.1. The molecule has 0 saturated carbocycles. The molecule has 2 heterocycles. The summed E-state index contributed by atoms with van der Waals surface area (Å²) in [7, 11) is 4.00. The molecule has 0 unspecified atom stereocenters. The Kier molecular flexibility index (Phi) is 5.87. The summed E-state index contributed by atoms with van der Waals surface area (Å²) in [6.07, 6.45) is 0. The van der Waals surface area contributed by atoms with Crippen molar-refractivity contribution in [2.75, 3.05) is 63.8 Å². The van der Waals surface area contributed by atoms with Crippen LogP contribution in [0.4, 0.5) is 11.4 Å². The molecule has 2 aliphatic heterocycles. The standard InChI is InChI=1S/C22H28N4O3/c1-24(2)19-6-4-18(5-7-19)23-22(27)15-26-11-9-25(10-12-26)14-17-3-8-20-21(13-17)29-16-28-20/h3-8,13H,9-12,14-16H2,1-2H3,(H,23,27). The van der Waals surface area contributed by atoms with Crippen LogP contribution in [0.5, 0.6) is 11.5 Å². The smallest absolute Gasteiger partial charge is 0.238 e. The number of carbonyl (C=O) groups excluding carboxylic acids is 1. The van der Waals surface area contributed by atoms with Crippen molar-refractivity contribution in [1.29, 1.82) is 0 Å². The average Bonchev–Trinajstić information content (AvgIpc) is 3.18. The van der Waals surface area contributed by atoms with Crippen molar-refractivity contribution in [3.05, 3.63) is 48.0 Å². The van der Waals surface area contributed by atoms with Gasteiger partial charge in [-0.25, -0.2) is 0 Å². The summed E-state index contributed by atoms with van der Waals surface area (Å²) in [4.78, 5) is 19.0. The normalized spacial score (nSPS) is 16.6. The molecule has 2 aromatic rings. The van der Waals surface area contributed by atoms with Crippen molar-refractivity contribution >= 4 is 17.3 Å². The van der Waals surface area contributed by atoms with Crippen molar-refractivity contribution < 1.29 is 14.3 Å². The van der Waals surface area contributed by atoms with E-state index < -0.39 is 0 Å². The third kappa shape index (κ3) is 4.99. The van der Waals surface area contributed by atoms with Gasteiger partial charge in [-0.1, -0.05) is 6.07 Å². The Balaban J connectivity index is 1.21. The summed E-state index contributed by atoms with van der Waals surface area (Å²) in [5, 5.41) is 2.99. The minimum Gasteiger partial charge on any atom is -0.454 e. The molecule has 0 aliphatic carbocycles. The van der Waals surface area contributed by atoms with Crippen molar-refractivity contribution in [3.8, 4) is 11.5 Å². The van der Waals surface area contributed by atoms with Crippen LogP contribution in [0.25, 0.3) is 0 Å². The van der Waals surface area contributed by atoms with E-state index in [1.807, 2.05) is 49.3 Å². The van der Waals surface area contributed by atoms with Crippen molar-refractivity contribution in [2.45, 2.75) is 6.54 Å². The Labute approximate surface area is 171 Å². The highest BCUT2D eigenvalue weighted by Crippen LogP contribution is 2.32. The number of carbonyl (C=O) groups is 1. The lowest BCUT2D eigenvalue weighted by Crippen LogP contribution is -2.48. The molecule has 2 aromatic carbocycles. The molecule has 1 N–H and O–H groups in total. The number of piperazine rings is 1. The summed E-state index contributed by atoms with van der Waals surface area (Å²) in [5.74, 6) is 1.68. The topological polar surface area (TPSA) is 57.3 Å². The number of anilines is 2. The average molecular weight is 396 g/mol. The molecule has 0 aromatic heterocycles. The Morgan fingerprint density at radius 3 is 2.38 bits per heavy atom. The number of nitrogens with zero attached hydrogens (tertiary/aromatic N) is 3. The van der Waals surface area contributed by atoms with Gasteiger partial charge in [-0.2, -0.15) is 0 Å². The molecule has 2 aliphatic rings. The second-order valence-corrected chi connectivity index (χ2v) is 7.73. The Morgan fingerprint density at radius 2 is 1.66 bits per heavy atom. The summed E-state index contributed by atoms with van der Waals surface area (Å²) in [5.41, 5.74) is 3.17. The van der Waals surface area contributed by atoms with E-state index in [0.717, 1.165) is 55.6 Å². The maximum atomic E-state index is 12.4. The van der Waals surface area contributed by atoms with Gasteiger partial charge in [0.15, 0.2) is 11.5 Å². The van der Waals surface area contributed by atoms with Crippen molar-refractivity contribution in [2.24, 2.45) is 0 Å². The van der Waals surface area contributed by atoms with E-state index in [9.17, 15) is 4.79 Å². The molecule has 0 radical (unpaired) electrons. The van der Waals surface area contributed by atoms with Gasteiger partial charge in [0, 0.05) is 58.2 Å². The molecule has 0 atom stereocenters. The second kappa shape index (κ2) is 8.71. The molecule has 1 amide bonds. The predicted octanol–water partition coefficient (Wildman–Crippen LogP) is 2.24. The second-order valence-electron chi connectivity index (χ2n) is 7.73. The third-order valence-electron chi connectivity index (χ3n) is 5.34. The van der Waals surface area contributed by atoms with Crippen LogP contribution in [-0.2, 0) is 11.3 Å². The highest BCUT2D eigenvalue weighted by atomic mass is 16.7. The third-order valence-corrected chi connectivity index (χ3v) is 5.34. The molecule has 0 bridgehead atoms. The quantitative estimate of drug-likeness (QED) is 0.808. The molecular weight excluding hydrogens is 368 g/mol. The van der Waals surface area contributed by atoms with Crippen LogP contribution < -0.4 is 19.7 Å². The van der Waals surface area contributed by atoms with Crippen LogP contribution in [-0.4, -0.2) is 69.3 Å². The van der Waals surface area contributed by atoms with Gasteiger partial charge in [0.2, 0.25) is 12.7 Å². The van der Waals surface area contributed by atoms with E-state index in [2.05, 4.69) is 27.2 Å². The molecule has 0 spiro atoms. The number of benzene rings is 2. The summed E-state index contributed by atoms with van der Waals surface area (Å²) >= 11 is 0. The number of fused-ring (bicyclic) bond motifs is 1. The zero-order valence-corrected chi connectivity index (χ0v) is 17.1. The number of hydrogen-bond donors (Lipinski definition) is 1. The first-order valence-corrected chi connectivity index (χ1v) is 9.97. The summed E-state index contributed by atoms with van der Waals surface area (Å²) in [6, 6.07) is 14.0. The van der Waals surface area contributed by atoms with Crippen molar-refractivity contribution in [3.63, 3.8) is 0 Å². The van der Waals surface area contributed by atoms with E-state index in [4.69, 9.17) is 9.47 Å². The molecule has 154 valence electrons.